The number of hydrogen-bond donors (Lipinski definition) is 1. The van der Waals surface area contributed by atoms with Crippen molar-refractivity contribution in [1.82, 2.24) is 0 Å². The van der Waals surface area contributed by atoms with E-state index in [1.54, 1.807) is 0 Å². The predicted molar refractivity (Wildman–Crippen MR) is 30.5 cm³/mol. The Hall–Kier alpha value is -0.570. The topological polar surface area (TPSA) is 37.3 Å². The highest BCUT2D eigenvalue weighted by molar-refractivity contribution is 5.67. The van der Waals surface area contributed by atoms with Crippen LogP contribution < -0.4 is 0 Å². The number of rotatable bonds is 2. The highest BCUT2D eigenvalue weighted by Gasteiger charge is 2.11. The van der Waals surface area contributed by atoms with Gasteiger partial charge in [-0.25, -0.2) is 4.79 Å². The van der Waals surface area contributed by atoms with E-state index >= 15 is 0 Å². The second-order valence-electron chi connectivity index (χ2n) is 2.84. The van der Waals surface area contributed by atoms with Crippen LogP contribution in [0.5, 0.6) is 0 Å². The molecule has 0 unspecified atom stereocenters. The van der Waals surface area contributed by atoms with Crippen molar-refractivity contribution in [3.05, 3.63) is 0 Å². The van der Waals surface area contributed by atoms with Gasteiger partial charge in [0.25, 0.3) is 0 Å². The Morgan fingerprint density at radius 2 is 1.88 bits per heavy atom. The molecule has 0 rings (SSSR count). The molecule has 0 saturated carbocycles. The predicted octanol–water partition coefficient (Wildman–Crippen LogP) is -0.223. The van der Waals surface area contributed by atoms with Crippen LogP contribution in [0, 0.1) is 0 Å². The molecule has 1 N–H and O–H groups in total. The number of nitrogens with zero attached hydrogens (tertiary/aromatic N) is 1. The van der Waals surface area contributed by atoms with Gasteiger partial charge in [-0.1, -0.05) is 0 Å². The summed E-state index contributed by atoms with van der Waals surface area (Å²) >= 11 is 0. The summed E-state index contributed by atoms with van der Waals surface area (Å²) in [6.45, 7) is 0.181. The molecule has 0 aliphatic rings. The van der Waals surface area contributed by atoms with Crippen molar-refractivity contribution in [2.45, 2.75) is 0 Å². The second kappa shape index (κ2) is 2.13. The first kappa shape index (κ1) is 7.43. The number of carboxylic acids is 1. The molecule has 0 aromatic carbocycles. The molecule has 48 valence electrons. The van der Waals surface area contributed by atoms with E-state index in [9.17, 15) is 4.79 Å². The Morgan fingerprint density at radius 3 is 1.88 bits per heavy atom. The fourth-order valence-corrected chi connectivity index (χ4v) is 0.406. The fourth-order valence-electron chi connectivity index (χ4n) is 0.406. The molecule has 0 spiro atoms. The van der Waals surface area contributed by atoms with E-state index in [1.807, 2.05) is 21.1 Å². The first-order valence-electron chi connectivity index (χ1n) is 2.44. The largest absolute Gasteiger partial charge is 0.477 e. The van der Waals surface area contributed by atoms with Gasteiger partial charge in [0.15, 0.2) is 6.54 Å². The minimum Gasteiger partial charge on any atom is -0.477 e. The summed E-state index contributed by atoms with van der Waals surface area (Å²) in [6, 6.07) is 0. The average molecular weight is 121 g/mol. The van der Waals surface area contributed by atoms with Crippen LogP contribution in [0.15, 0.2) is 0 Å². The molecule has 0 saturated heterocycles. The second-order valence-corrected chi connectivity index (χ2v) is 2.84. The number of aliphatic carboxylic acids is 1. The van der Waals surface area contributed by atoms with Gasteiger partial charge in [0.05, 0.1) is 21.1 Å². The molecule has 0 bridgehead atoms. The van der Waals surface area contributed by atoms with E-state index in [1.165, 1.54) is 0 Å². The van der Waals surface area contributed by atoms with Crippen molar-refractivity contribution in [3.8, 4) is 0 Å². The Balaban J connectivity index is 3.55. The summed E-state index contributed by atoms with van der Waals surface area (Å²) in [5, 5.41) is 8.23. The van der Waals surface area contributed by atoms with Gasteiger partial charge in [-0.3, -0.25) is 0 Å². The van der Waals surface area contributed by atoms with E-state index in [4.69, 9.17) is 5.11 Å². The summed E-state index contributed by atoms with van der Waals surface area (Å²) in [4.78, 5) is 10.00. The number of carboxylic acid groups (broad SMARTS) is 1. The standard InChI is InChI=1S/C5H11NO2/c1-6(2,3)4-5(7)8/h4H2,1-3H3/p+1/i1+1,2+1,3+1. The first-order chi connectivity index (χ1) is 3.42. The Bertz CT molecular complexity index is 93.1. The van der Waals surface area contributed by atoms with Gasteiger partial charge in [0, 0.05) is 0 Å². The van der Waals surface area contributed by atoms with Crippen molar-refractivity contribution in [3.63, 3.8) is 0 Å². The normalized spacial score (nSPS) is 11.4. The number of hydrogen-bond acceptors (Lipinski definition) is 1. The average Bonchev–Trinajstić information content (AvgIpc) is 1.21. The van der Waals surface area contributed by atoms with Crippen LogP contribution >= 0.6 is 0 Å². The van der Waals surface area contributed by atoms with Crippen LogP contribution in [0.2, 0.25) is 0 Å². The van der Waals surface area contributed by atoms with Gasteiger partial charge in [-0.2, -0.15) is 0 Å². The highest BCUT2D eigenvalue weighted by atomic mass is 16.4. The number of quaternary nitrogens is 1. The lowest BCUT2D eigenvalue weighted by Gasteiger charge is -2.20. The van der Waals surface area contributed by atoms with E-state index in [-0.39, 0.29) is 6.54 Å². The van der Waals surface area contributed by atoms with Crippen molar-refractivity contribution < 1.29 is 14.4 Å². The Labute approximate surface area is 49.1 Å². The van der Waals surface area contributed by atoms with Gasteiger partial charge in [0.1, 0.15) is 0 Å². The fraction of sp³-hybridized carbons (Fsp3) is 0.800. The SMILES string of the molecule is [13CH3][N+]([13CH3])([13CH3])CC(=O)O. The maximum atomic E-state index is 10.00. The molecule has 0 aliphatic heterocycles. The third-order valence-corrected chi connectivity index (χ3v) is 0.610. The summed E-state index contributed by atoms with van der Waals surface area (Å²) in [5.74, 6) is -0.752. The number of likely N-dealkylation sites (N-methyl/N-ethyl adjacent to an activating group) is 1. The minimum absolute atomic E-state index is 0.181. The molecule has 0 amide bonds. The van der Waals surface area contributed by atoms with E-state index < -0.39 is 5.97 Å². The monoisotopic (exact) mass is 121 g/mol. The van der Waals surface area contributed by atoms with E-state index in [0.29, 0.717) is 4.48 Å². The van der Waals surface area contributed by atoms with Crippen LogP contribution in [0.25, 0.3) is 0 Å². The van der Waals surface area contributed by atoms with E-state index in [2.05, 4.69) is 0 Å². The van der Waals surface area contributed by atoms with Crippen LogP contribution in [0.3, 0.4) is 0 Å². The molecule has 0 aromatic rings. The number of carbonyl (C=O) groups is 1. The summed E-state index contributed by atoms with van der Waals surface area (Å²) in [5.41, 5.74) is 0. The maximum absolute atomic E-state index is 10.00. The highest BCUT2D eigenvalue weighted by Crippen LogP contribution is 1.86. The summed E-state index contributed by atoms with van der Waals surface area (Å²) in [7, 11) is 5.52. The zero-order valence-corrected chi connectivity index (χ0v) is 5.51. The summed E-state index contributed by atoms with van der Waals surface area (Å²) < 4.78 is 0.481. The van der Waals surface area contributed by atoms with Crippen molar-refractivity contribution in [1.29, 1.82) is 0 Å². The molecule has 3 heteroatoms. The van der Waals surface area contributed by atoms with Gasteiger partial charge < -0.3 is 9.59 Å². The first-order valence-corrected chi connectivity index (χ1v) is 2.44. The van der Waals surface area contributed by atoms with Gasteiger partial charge in [0.2, 0.25) is 0 Å². The third kappa shape index (κ3) is 5.43. The quantitative estimate of drug-likeness (QED) is 0.405. The molecule has 0 aromatic heterocycles. The lowest BCUT2D eigenvalue weighted by Crippen LogP contribution is -2.39. The molecule has 0 fully saturated rings. The molecule has 3 nitrogen and oxygen atoms in total. The Kier molecular flexibility index (Phi) is 1.98. The van der Waals surface area contributed by atoms with Crippen molar-refractivity contribution >= 4 is 5.97 Å². The molecule has 8 heavy (non-hydrogen) atoms. The maximum Gasteiger partial charge on any atom is 0.359 e. The molecule has 0 aliphatic carbocycles. The van der Waals surface area contributed by atoms with Crippen LogP contribution in [0.1, 0.15) is 0 Å². The minimum atomic E-state index is -0.752. The third-order valence-electron chi connectivity index (χ3n) is 0.610. The van der Waals surface area contributed by atoms with Crippen molar-refractivity contribution in [2.75, 3.05) is 27.7 Å². The zero-order valence-electron chi connectivity index (χ0n) is 5.51. The van der Waals surface area contributed by atoms with Crippen LogP contribution in [-0.2, 0) is 4.79 Å². The molecular weight excluding hydrogens is 109 g/mol. The summed E-state index contributed by atoms with van der Waals surface area (Å²) in [6.07, 6.45) is 0. The zero-order chi connectivity index (χ0) is 6.78. The molecule has 0 atom stereocenters. The van der Waals surface area contributed by atoms with Gasteiger partial charge in [-0.15, -0.1) is 0 Å². The van der Waals surface area contributed by atoms with Gasteiger partial charge >= 0.3 is 5.97 Å². The van der Waals surface area contributed by atoms with Crippen molar-refractivity contribution in [2.24, 2.45) is 0 Å². The van der Waals surface area contributed by atoms with Gasteiger partial charge in [-0.05, 0) is 0 Å². The lowest BCUT2D eigenvalue weighted by atomic mass is 10.6. The smallest absolute Gasteiger partial charge is 0.359 e. The molecule has 0 heterocycles. The molecule has 0 radical (unpaired) electrons. The Morgan fingerprint density at radius 1 is 1.50 bits per heavy atom. The molecular formula is C5H12NO2+. The van der Waals surface area contributed by atoms with Crippen LogP contribution in [0.4, 0.5) is 0 Å². The lowest BCUT2D eigenvalue weighted by molar-refractivity contribution is -0.862. The van der Waals surface area contributed by atoms with Crippen LogP contribution in [-0.4, -0.2) is 43.2 Å². The van der Waals surface area contributed by atoms with E-state index in [0.717, 1.165) is 0 Å².